The third-order valence-corrected chi connectivity index (χ3v) is 5.01. The fraction of sp³-hybridized carbons (Fsp3) is 0.562. The van der Waals surface area contributed by atoms with Crippen LogP contribution >= 0.6 is 11.6 Å². The van der Waals surface area contributed by atoms with E-state index in [0.717, 1.165) is 42.9 Å². The zero-order chi connectivity index (χ0) is 18.3. The molecule has 1 fully saturated rings. The highest BCUT2D eigenvalue weighted by atomic mass is 35.5. The highest BCUT2D eigenvalue weighted by Gasteiger charge is 2.22. The topological polar surface area (TPSA) is 85.8 Å². The molecule has 0 radical (unpaired) electrons. The molecule has 7 nitrogen and oxygen atoms in total. The van der Waals surface area contributed by atoms with E-state index in [-0.39, 0.29) is 6.04 Å². The quantitative estimate of drug-likeness (QED) is 0.385. The Kier molecular flexibility index (Phi) is 7.34. The molecule has 0 aromatic heterocycles. The van der Waals surface area contributed by atoms with Crippen LogP contribution in [0.4, 0.5) is 5.69 Å². The van der Waals surface area contributed by atoms with Crippen LogP contribution in [-0.4, -0.2) is 59.9 Å². The molecule has 0 saturated carbocycles. The maximum atomic E-state index is 11.1. The molecule has 1 aromatic carbocycles. The fourth-order valence-electron chi connectivity index (χ4n) is 2.83. The number of halogens is 1. The van der Waals surface area contributed by atoms with Crippen molar-refractivity contribution in [2.45, 2.75) is 18.9 Å². The van der Waals surface area contributed by atoms with Gasteiger partial charge in [-0.15, -0.1) is 0 Å². The van der Waals surface area contributed by atoms with E-state index in [9.17, 15) is 8.42 Å². The number of hydrogen-bond acceptors (Lipinski definition) is 4. The second kappa shape index (κ2) is 9.26. The first-order chi connectivity index (χ1) is 11.9. The standard InChI is InChI=1S/C16H26ClN5O2S/c1-18-16(19-9-10-20-25(2,23)24)21-13-6-5-11-22(12-13)15-8-4-3-7-14(15)17/h3-4,7-8,13,20H,5-6,9-12H2,1-2H3,(H2,18,19,21). The third kappa shape index (κ3) is 6.72. The third-order valence-electron chi connectivity index (χ3n) is 3.96. The lowest BCUT2D eigenvalue weighted by Crippen LogP contribution is -2.52. The van der Waals surface area contributed by atoms with Crippen molar-refractivity contribution in [3.63, 3.8) is 0 Å². The number of rotatable bonds is 6. The van der Waals surface area contributed by atoms with Gasteiger partial charge in [0, 0.05) is 39.3 Å². The summed E-state index contributed by atoms with van der Waals surface area (Å²) in [5, 5.41) is 7.28. The number of anilines is 1. The van der Waals surface area contributed by atoms with Gasteiger partial charge >= 0.3 is 0 Å². The molecule has 2 rings (SSSR count). The van der Waals surface area contributed by atoms with Crippen LogP contribution in [0.25, 0.3) is 0 Å². The first-order valence-corrected chi connectivity index (χ1v) is 10.6. The van der Waals surface area contributed by atoms with Gasteiger partial charge < -0.3 is 15.5 Å². The van der Waals surface area contributed by atoms with Crippen LogP contribution in [0.5, 0.6) is 0 Å². The molecule has 140 valence electrons. The van der Waals surface area contributed by atoms with Gasteiger partial charge in [-0.1, -0.05) is 23.7 Å². The van der Waals surface area contributed by atoms with Crippen molar-refractivity contribution in [1.82, 2.24) is 15.4 Å². The monoisotopic (exact) mass is 387 g/mol. The minimum absolute atomic E-state index is 0.249. The van der Waals surface area contributed by atoms with Crippen LogP contribution in [0.2, 0.25) is 5.02 Å². The SMILES string of the molecule is CN=C(NCCNS(C)(=O)=O)NC1CCCN(c2ccccc2Cl)C1. The van der Waals surface area contributed by atoms with Gasteiger partial charge in [-0.2, -0.15) is 0 Å². The van der Waals surface area contributed by atoms with Gasteiger partial charge in [0.1, 0.15) is 0 Å². The van der Waals surface area contributed by atoms with E-state index in [1.165, 1.54) is 0 Å². The molecule has 1 atom stereocenters. The largest absolute Gasteiger partial charge is 0.368 e. The molecular weight excluding hydrogens is 362 g/mol. The molecule has 0 spiro atoms. The van der Waals surface area contributed by atoms with Crippen LogP contribution in [-0.2, 0) is 10.0 Å². The molecule has 25 heavy (non-hydrogen) atoms. The second-order valence-corrected chi connectivity index (χ2v) is 8.29. The van der Waals surface area contributed by atoms with Gasteiger partial charge in [0.25, 0.3) is 0 Å². The molecule has 0 bridgehead atoms. The number of para-hydroxylation sites is 1. The molecule has 0 amide bonds. The Bertz CT molecular complexity index is 696. The number of sulfonamides is 1. The van der Waals surface area contributed by atoms with Crippen molar-refractivity contribution in [3.8, 4) is 0 Å². The van der Waals surface area contributed by atoms with Crippen LogP contribution in [0.15, 0.2) is 29.3 Å². The second-order valence-electron chi connectivity index (χ2n) is 6.05. The number of nitrogens with one attached hydrogen (secondary N) is 3. The predicted molar refractivity (Wildman–Crippen MR) is 104 cm³/mol. The molecule has 1 saturated heterocycles. The average molecular weight is 388 g/mol. The summed E-state index contributed by atoms with van der Waals surface area (Å²) in [5.41, 5.74) is 1.05. The molecule has 1 aliphatic rings. The van der Waals surface area contributed by atoms with E-state index in [4.69, 9.17) is 11.6 Å². The lowest BCUT2D eigenvalue weighted by molar-refractivity contribution is 0.468. The number of nitrogens with zero attached hydrogens (tertiary/aromatic N) is 2. The van der Waals surface area contributed by atoms with Gasteiger partial charge in [0.2, 0.25) is 10.0 Å². The minimum Gasteiger partial charge on any atom is -0.368 e. The number of hydrogen-bond donors (Lipinski definition) is 3. The number of guanidine groups is 1. The summed E-state index contributed by atoms with van der Waals surface area (Å²) < 4.78 is 24.6. The van der Waals surface area contributed by atoms with Crippen molar-refractivity contribution in [1.29, 1.82) is 0 Å². The van der Waals surface area contributed by atoms with Crippen molar-refractivity contribution in [2.24, 2.45) is 4.99 Å². The Labute approximate surface area is 154 Å². The van der Waals surface area contributed by atoms with Gasteiger partial charge in [-0.05, 0) is 25.0 Å². The Balaban J connectivity index is 1.85. The zero-order valence-electron chi connectivity index (χ0n) is 14.6. The summed E-state index contributed by atoms with van der Waals surface area (Å²) in [6.45, 7) is 2.60. The van der Waals surface area contributed by atoms with Crippen molar-refractivity contribution in [2.75, 3.05) is 44.4 Å². The van der Waals surface area contributed by atoms with E-state index >= 15 is 0 Å². The average Bonchev–Trinajstić information content (AvgIpc) is 2.57. The number of benzene rings is 1. The molecule has 1 aliphatic heterocycles. The van der Waals surface area contributed by atoms with E-state index < -0.39 is 10.0 Å². The fourth-order valence-corrected chi connectivity index (χ4v) is 3.56. The zero-order valence-corrected chi connectivity index (χ0v) is 16.2. The summed E-state index contributed by atoms with van der Waals surface area (Å²) in [5.74, 6) is 0.668. The molecular formula is C16H26ClN5O2S. The van der Waals surface area contributed by atoms with E-state index in [2.05, 4.69) is 25.2 Å². The summed E-state index contributed by atoms with van der Waals surface area (Å²) in [6.07, 6.45) is 3.25. The lowest BCUT2D eigenvalue weighted by atomic mass is 10.0. The first-order valence-electron chi connectivity index (χ1n) is 8.30. The van der Waals surface area contributed by atoms with Crippen LogP contribution in [0.1, 0.15) is 12.8 Å². The van der Waals surface area contributed by atoms with Crippen molar-refractivity contribution >= 4 is 33.3 Å². The smallest absolute Gasteiger partial charge is 0.208 e. The van der Waals surface area contributed by atoms with Gasteiger partial charge in [-0.3, -0.25) is 4.99 Å². The first kappa shape index (κ1) is 19.8. The summed E-state index contributed by atoms with van der Waals surface area (Å²) in [4.78, 5) is 6.48. The van der Waals surface area contributed by atoms with Crippen LogP contribution in [0, 0.1) is 0 Å². The Morgan fingerprint density at radius 1 is 1.36 bits per heavy atom. The van der Waals surface area contributed by atoms with Gasteiger partial charge in [-0.25, -0.2) is 13.1 Å². The van der Waals surface area contributed by atoms with Gasteiger partial charge in [0.05, 0.1) is 17.0 Å². The molecule has 1 unspecified atom stereocenters. The lowest BCUT2D eigenvalue weighted by Gasteiger charge is -2.35. The summed E-state index contributed by atoms with van der Waals surface area (Å²) in [6, 6.07) is 8.12. The predicted octanol–water partition coefficient (Wildman–Crippen LogP) is 1.02. The molecule has 9 heteroatoms. The van der Waals surface area contributed by atoms with Gasteiger partial charge in [0.15, 0.2) is 5.96 Å². The van der Waals surface area contributed by atoms with Crippen molar-refractivity contribution < 1.29 is 8.42 Å². The van der Waals surface area contributed by atoms with Crippen LogP contribution < -0.4 is 20.3 Å². The molecule has 1 aromatic rings. The Morgan fingerprint density at radius 2 is 2.12 bits per heavy atom. The molecule has 0 aliphatic carbocycles. The van der Waals surface area contributed by atoms with E-state index in [0.29, 0.717) is 19.0 Å². The van der Waals surface area contributed by atoms with Crippen molar-refractivity contribution in [3.05, 3.63) is 29.3 Å². The minimum atomic E-state index is -3.17. The molecule has 3 N–H and O–H groups in total. The highest BCUT2D eigenvalue weighted by Crippen LogP contribution is 2.27. The Morgan fingerprint density at radius 3 is 2.80 bits per heavy atom. The molecule has 1 heterocycles. The summed E-state index contributed by atoms with van der Waals surface area (Å²) >= 11 is 6.31. The van der Waals surface area contributed by atoms with E-state index in [1.54, 1.807) is 7.05 Å². The van der Waals surface area contributed by atoms with E-state index in [1.807, 2.05) is 24.3 Å². The highest BCUT2D eigenvalue weighted by molar-refractivity contribution is 7.88. The van der Waals surface area contributed by atoms with Crippen LogP contribution in [0.3, 0.4) is 0 Å². The normalized spacial score (nSPS) is 18.9. The maximum Gasteiger partial charge on any atom is 0.208 e. The Hall–Kier alpha value is -1.51. The number of aliphatic imine (C=N–C) groups is 1. The maximum absolute atomic E-state index is 11.1. The summed E-state index contributed by atoms with van der Waals surface area (Å²) in [7, 11) is -1.47. The number of piperidine rings is 1.